The van der Waals surface area contributed by atoms with E-state index in [1.807, 2.05) is 16.9 Å². The van der Waals surface area contributed by atoms with Crippen LogP contribution in [0.4, 0.5) is 0 Å². The van der Waals surface area contributed by atoms with Crippen LogP contribution in [0.25, 0.3) is 27.4 Å². The molecule has 2 atom stereocenters. The van der Waals surface area contributed by atoms with E-state index in [9.17, 15) is 0 Å². The smallest absolute Gasteiger partial charge is 0.0820 e. The second-order valence-corrected chi connectivity index (χ2v) is 9.34. The highest BCUT2D eigenvalue weighted by Crippen LogP contribution is 2.37. The van der Waals surface area contributed by atoms with E-state index in [-0.39, 0.29) is 12.0 Å². The maximum atomic E-state index is 6.14. The molecule has 0 fully saturated rings. The molecule has 1 N–H and O–H groups in total. The highest BCUT2D eigenvalue weighted by atomic mass is 79.9. The predicted octanol–water partition coefficient (Wildman–Crippen LogP) is 6.22. The first-order chi connectivity index (χ1) is 15.5. The molecule has 1 aliphatic carbocycles. The molecular formula is C26H27BrN4O. The van der Waals surface area contributed by atoms with Gasteiger partial charge in [0.05, 0.1) is 36.0 Å². The number of rotatable bonds is 6. The summed E-state index contributed by atoms with van der Waals surface area (Å²) in [4.78, 5) is 8.42. The molecule has 5 rings (SSSR count). The summed E-state index contributed by atoms with van der Waals surface area (Å²) in [5.41, 5.74) is 6.85. The van der Waals surface area contributed by atoms with Gasteiger partial charge in [-0.1, -0.05) is 48.0 Å². The van der Waals surface area contributed by atoms with E-state index in [4.69, 9.17) is 9.72 Å². The molecular weight excluding hydrogens is 464 g/mol. The summed E-state index contributed by atoms with van der Waals surface area (Å²) in [6, 6.07) is 8.55. The molecule has 0 aliphatic heterocycles. The molecule has 5 nitrogen and oxygen atoms in total. The lowest BCUT2D eigenvalue weighted by Crippen LogP contribution is -2.22. The fourth-order valence-electron chi connectivity index (χ4n) is 4.50. The molecule has 6 heteroatoms. The Bertz CT molecular complexity index is 1330. The first kappa shape index (κ1) is 21.2. The number of ether oxygens (including phenoxy) is 1. The number of aromatic nitrogens is 4. The van der Waals surface area contributed by atoms with Crippen LogP contribution in [0.15, 0.2) is 59.4 Å². The van der Waals surface area contributed by atoms with Gasteiger partial charge in [0.1, 0.15) is 0 Å². The zero-order valence-corrected chi connectivity index (χ0v) is 20.2. The Kier molecular flexibility index (Phi) is 5.74. The van der Waals surface area contributed by atoms with Crippen LogP contribution in [0.3, 0.4) is 0 Å². The minimum atomic E-state index is 0.0678. The summed E-state index contributed by atoms with van der Waals surface area (Å²) in [5, 5.41) is 6.70. The van der Waals surface area contributed by atoms with Crippen LogP contribution in [0, 0.1) is 12.8 Å². The number of nitrogens with one attached hydrogen (secondary N) is 1. The molecule has 0 saturated carbocycles. The van der Waals surface area contributed by atoms with Crippen LogP contribution in [-0.2, 0) is 17.7 Å². The fraction of sp³-hybridized carbons (Fsp3) is 0.308. The van der Waals surface area contributed by atoms with E-state index in [0.29, 0.717) is 6.61 Å². The van der Waals surface area contributed by atoms with Crippen molar-refractivity contribution in [3.8, 4) is 0 Å². The number of fused-ring (bicyclic) bond motifs is 3. The van der Waals surface area contributed by atoms with Crippen LogP contribution < -0.4 is 0 Å². The topological polar surface area (TPSA) is 55.7 Å². The lowest BCUT2D eigenvalue weighted by Gasteiger charge is -2.24. The second kappa shape index (κ2) is 8.68. The number of halogens is 1. The molecule has 1 aromatic carbocycles. The third-order valence-corrected chi connectivity index (χ3v) is 6.64. The van der Waals surface area contributed by atoms with Crippen molar-refractivity contribution in [1.29, 1.82) is 0 Å². The molecule has 0 radical (unpaired) electrons. The number of hydrogen-bond donors (Lipinski definition) is 1. The molecule has 0 amide bonds. The molecule has 0 spiro atoms. The summed E-state index contributed by atoms with van der Waals surface area (Å²) in [7, 11) is 0. The third-order valence-electron chi connectivity index (χ3n) is 6.19. The summed E-state index contributed by atoms with van der Waals surface area (Å²) in [6.07, 6.45) is 11.4. The maximum Gasteiger partial charge on any atom is 0.0820 e. The number of hydrogen-bond acceptors (Lipinski definition) is 3. The highest BCUT2D eigenvalue weighted by molar-refractivity contribution is 9.10. The van der Waals surface area contributed by atoms with Crippen molar-refractivity contribution in [2.45, 2.75) is 39.8 Å². The monoisotopic (exact) mass is 490 g/mol. The average Bonchev–Trinajstić information content (AvgIpc) is 3.42. The molecule has 164 valence electrons. The lowest BCUT2D eigenvalue weighted by molar-refractivity contribution is 0.0550. The molecule has 4 aromatic rings. The van der Waals surface area contributed by atoms with Gasteiger partial charge in [0, 0.05) is 44.8 Å². The van der Waals surface area contributed by atoms with Crippen LogP contribution in [0.1, 0.15) is 30.8 Å². The normalized spacial score (nSPS) is 18.6. The van der Waals surface area contributed by atoms with Crippen LogP contribution >= 0.6 is 15.9 Å². The zero-order valence-electron chi connectivity index (χ0n) is 18.6. The Balaban J connectivity index is 1.46. The van der Waals surface area contributed by atoms with Crippen molar-refractivity contribution < 1.29 is 4.74 Å². The minimum absolute atomic E-state index is 0.0678. The van der Waals surface area contributed by atoms with E-state index < -0.39 is 0 Å². The van der Waals surface area contributed by atoms with E-state index in [2.05, 4.69) is 83.2 Å². The summed E-state index contributed by atoms with van der Waals surface area (Å²) in [5.74, 6) is 0.279. The van der Waals surface area contributed by atoms with Gasteiger partial charge in [-0.25, -0.2) is 0 Å². The Hall–Kier alpha value is -2.70. The first-order valence-electron chi connectivity index (χ1n) is 11.1. The van der Waals surface area contributed by atoms with Crippen LogP contribution in [-0.4, -0.2) is 32.5 Å². The number of aromatic amines is 1. The Labute approximate surface area is 196 Å². The lowest BCUT2D eigenvalue weighted by atomic mass is 9.90. The largest absolute Gasteiger partial charge is 0.372 e. The van der Waals surface area contributed by atoms with Gasteiger partial charge in [-0.15, -0.1) is 0 Å². The van der Waals surface area contributed by atoms with Crippen LogP contribution in [0.5, 0.6) is 0 Å². The van der Waals surface area contributed by atoms with Crippen molar-refractivity contribution in [1.82, 2.24) is 19.7 Å². The van der Waals surface area contributed by atoms with E-state index in [0.717, 1.165) is 39.9 Å². The Morgan fingerprint density at radius 1 is 1.19 bits per heavy atom. The predicted molar refractivity (Wildman–Crippen MR) is 134 cm³/mol. The third kappa shape index (κ3) is 3.93. The van der Waals surface area contributed by atoms with Gasteiger partial charge in [-0.3, -0.25) is 9.67 Å². The molecule has 32 heavy (non-hydrogen) atoms. The minimum Gasteiger partial charge on any atom is -0.372 e. The number of benzene rings is 1. The van der Waals surface area contributed by atoms with Crippen molar-refractivity contribution in [2.24, 2.45) is 5.92 Å². The van der Waals surface area contributed by atoms with Crippen molar-refractivity contribution >= 4 is 43.3 Å². The molecule has 2 unspecified atom stereocenters. The standard InChI is InChI=1S/C26H27BrN4O/c1-4-20-15-23-22-14-19(27)13-21(26(22)30-25(23)17(3)29-20)18-6-7-24(16(2)12-18)32-11-10-31-9-5-8-28-31/h5-9,12-16,24,30H,4,10-11H2,1-3H3. The molecule has 3 aromatic heterocycles. The van der Waals surface area contributed by atoms with Crippen LogP contribution in [0.2, 0.25) is 0 Å². The van der Waals surface area contributed by atoms with E-state index >= 15 is 0 Å². The summed E-state index contributed by atoms with van der Waals surface area (Å²) >= 11 is 3.74. The van der Waals surface area contributed by atoms with E-state index in [1.165, 1.54) is 21.9 Å². The molecule has 0 saturated heterocycles. The van der Waals surface area contributed by atoms with Gasteiger partial charge >= 0.3 is 0 Å². The quantitative estimate of drug-likeness (QED) is 0.348. The van der Waals surface area contributed by atoms with Gasteiger partial charge < -0.3 is 9.72 Å². The zero-order chi connectivity index (χ0) is 22.2. The Morgan fingerprint density at radius 3 is 2.78 bits per heavy atom. The van der Waals surface area contributed by atoms with Gasteiger partial charge in [-0.05, 0) is 43.2 Å². The van der Waals surface area contributed by atoms with Gasteiger partial charge in [0.15, 0.2) is 0 Å². The van der Waals surface area contributed by atoms with Crippen molar-refractivity contribution in [2.75, 3.05) is 6.61 Å². The number of pyridine rings is 1. The first-order valence-corrected chi connectivity index (χ1v) is 11.9. The van der Waals surface area contributed by atoms with Gasteiger partial charge in [-0.2, -0.15) is 5.10 Å². The number of H-pyrrole nitrogens is 1. The summed E-state index contributed by atoms with van der Waals surface area (Å²) < 4.78 is 9.11. The highest BCUT2D eigenvalue weighted by Gasteiger charge is 2.21. The van der Waals surface area contributed by atoms with Crippen molar-refractivity contribution in [3.05, 3.63) is 76.3 Å². The second-order valence-electron chi connectivity index (χ2n) is 8.42. The number of aryl methyl sites for hydroxylation is 2. The van der Waals surface area contributed by atoms with Crippen molar-refractivity contribution in [3.63, 3.8) is 0 Å². The van der Waals surface area contributed by atoms with Gasteiger partial charge in [0.2, 0.25) is 0 Å². The SMILES string of the molecule is CCc1cc2c([nH]c3c(C4=CC(C)C(OCCn5cccn5)C=C4)cc(Br)cc32)c(C)n1. The number of allylic oxidation sites excluding steroid dienone is 2. The molecule has 0 bridgehead atoms. The fourth-order valence-corrected chi connectivity index (χ4v) is 4.96. The molecule has 1 aliphatic rings. The van der Waals surface area contributed by atoms with Gasteiger partial charge in [0.25, 0.3) is 0 Å². The Morgan fingerprint density at radius 2 is 2.03 bits per heavy atom. The molecule has 3 heterocycles. The van der Waals surface area contributed by atoms with E-state index in [1.54, 1.807) is 6.20 Å². The average molecular weight is 491 g/mol. The number of nitrogens with zero attached hydrogens (tertiary/aromatic N) is 3. The maximum absolute atomic E-state index is 6.14. The summed E-state index contributed by atoms with van der Waals surface area (Å²) in [6.45, 7) is 7.84.